The molecule has 1 rings (SSSR count). The summed E-state index contributed by atoms with van der Waals surface area (Å²) in [6.45, 7) is 7.02. The van der Waals surface area contributed by atoms with Crippen molar-refractivity contribution in [2.75, 3.05) is 0 Å². The van der Waals surface area contributed by atoms with Crippen LogP contribution in [0.2, 0.25) is 0 Å². The van der Waals surface area contributed by atoms with Crippen LogP contribution in [0.5, 0.6) is 0 Å². The van der Waals surface area contributed by atoms with Gasteiger partial charge in [-0.3, -0.25) is 0 Å². The van der Waals surface area contributed by atoms with E-state index in [9.17, 15) is 0 Å². The zero-order valence-electron chi connectivity index (χ0n) is 9.53. The van der Waals surface area contributed by atoms with E-state index in [2.05, 4.69) is 26.8 Å². The molecule has 1 aliphatic carbocycles. The lowest BCUT2D eigenvalue weighted by molar-refractivity contribution is 0.399. The molecule has 0 N–H and O–H groups in total. The third kappa shape index (κ3) is 5.13. The van der Waals surface area contributed by atoms with Gasteiger partial charge >= 0.3 is 0 Å². The third-order valence-corrected chi connectivity index (χ3v) is 2.64. The monoisotopic (exact) mass is 180 g/mol. The summed E-state index contributed by atoms with van der Waals surface area (Å²) in [5.41, 5.74) is 2.19. The van der Waals surface area contributed by atoms with E-state index in [1.54, 1.807) is 5.57 Å². The van der Waals surface area contributed by atoms with Gasteiger partial charge in [-0.25, -0.2) is 0 Å². The molecule has 0 heteroatoms. The van der Waals surface area contributed by atoms with Crippen molar-refractivity contribution in [2.24, 2.45) is 5.41 Å². The van der Waals surface area contributed by atoms with E-state index in [1.807, 2.05) is 0 Å². The second-order valence-corrected chi connectivity index (χ2v) is 5.55. The van der Waals surface area contributed by atoms with Gasteiger partial charge < -0.3 is 0 Å². The molecule has 1 aliphatic rings. The maximum absolute atomic E-state index is 2.50. The van der Waals surface area contributed by atoms with Crippen molar-refractivity contribution in [3.63, 3.8) is 0 Å². The smallest absolute Gasteiger partial charge is 0.0271 e. The Morgan fingerprint density at radius 1 is 1.08 bits per heavy atom. The summed E-state index contributed by atoms with van der Waals surface area (Å²) in [4.78, 5) is 0. The molecule has 0 spiro atoms. The molecule has 0 aromatic heterocycles. The fourth-order valence-corrected chi connectivity index (χ4v) is 2.10. The van der Waals surface area contributed by atoms with Gasteiger partial charge in [0.25, 0.3) is 0 Å². The Bertz CT molecular complexity index is 169. The molecule has 0 aromatic rings. The highest BCUT2D eigenvalue weighted by Gasteiger charge is 2.13. The molecule has 0 nitrogen and oxygen atoms in total. The van der Waals surface area contributed by atoms with Gasteiger partial charge in [-0.1, -0.05) is 45.3 Å². The van der Waals surface area contributed by atoms with Gasteiger partial charge in [0.15, 0.2) is 0 Å². The Labute approximate surface area is 83.4 Å². The summed E-state index contributed by atoms with van der Waals surface area (Å²) in [7, 11) is 0. The molecule has 0 unspecified atom stereocenters. The zero-order chi connectivity index (χ0) is 9.73. The Morgan fingerprint density at radius 2 is 1.77 bits per heavy atom. The lowest BCUT2D eigenvalue weighted by atomic mass is 9.85. The fraction of sp³-hybridized carbons (Fsp3) is 0.846. The van der Waals surface area contributed by atoms with E-state index in [0.717, 1.165) is 0 Å². The quantitative estimate of drug-likeness (QED) is 0.513. The molecule has 0 bridgehead atoms. The summed E-state index contributed by atoms with van der Waals surface area (Å²) in [5, 5.41) is 0. The van der Waals surface area contributed by atoms with Crippen molar-refractivity contribution in [3.8, 4) is 0 Å². The third-order valence-electron chi connectivity index (χ3n) is 2.64. The molecule has 13 heavy (non-hydrogen) atoms. The van der Waals surface area contributed by atoms with Crippen molar-refractivity contribution >= 4 is 0 Å². The highest BCUT2D eigenvalue weighted by atomic mass is 14.2. The first-order valence-electron chi connectivity index (χ1n) is 5.76. The van der Waals surface area contributed by atoms with Crippen LogP contribution >= 0.6 is 0 Å². The lowest BCUT2D eigenvalue weighted by Gasteiger charge is -2.21. The van der Waals surface area contributed by atoms with Gasteiger partial charge in [-0.15, -0.1) is 0 Å². The van der Waals surface area contributed by atoms with Crippen LogP contribution in [0.1, 0.15) is 65.7 Å². The normalized spacial score (nSPS) is 24.4. The minimum Gasteiger partial charge on any atom is -0.0853 e. The Hall–Kier alpha value is -0.260. The molecule has 0 amide bonds. The Kier molecular flexibility index (Phi) is 4.02. The van der Waals surface area contributed by atoms with Gasteiger partial charge in [0.2, 0.25) is 0 Å². The van der Waals surface area contributed by atoms with Crippen molar-refractivity contribution in [3.05, 3.63) is 11.6 Å². The van der Waals surface area contributed by atoms with E-state index in [-0.39, 0.29) is 0 Å². The molecule has 0 aromatic carbocycles. The molecule has 0 radical (unpaired) electrons. The predicted molar refractivity (Wildman–Crippen MR) is 59.9 cm³/mol. The molecule has 0 atom stereocenters. The predicted octanol–water partition coefficient (Wildman–Crippen LogP) is 4.70. The molecule has 0 saturated heterocycles. The van der Waals surface area contributed by atoms with Gasteiger partial charge in [0, 0.05) is 0 Å². The van der Waals surface area contributed by atoms with Crippen LogP contribution in [0, 0.1) is 5.41 Å². The second kappa shape index (κ2) is 4.83. The Balaban J connectivity index is 2.45. The second-order valence-electron chi connectivity index (χ2n) is 5.55. The van der Waals surface area contributed by atoms with Crippen LogP contribution in [0.25, 0.3) is 0 Å². The summed E-state index contributed by atoms with van der Waals surface area (Å²) in [5.74, 6) is 0. The maximum Gasteiger partial charge on any atom is -0.0271 e. The SMILES string of the molecule is CC(C)(C)C/C1=C/CCCCCC1. The minimum atomic E-state index is 0.477. The molecule has 76 valence electrons. The van der Waals surface area contributed by atoms with E-state index in [0.29, 0.717) is 5.41 Å². The number of rotatable bonds is 1. The summed E-state index contributed by atoms with van der Waals surface area (Å²) >= 11 is 0. The van der Waals surface area contributed by atoms with Gasteiger partial charge in [0.05, 0.1) is 0 Å². The highest BCUT2D eigenvalue weighted by Crippen LogP contribution is 2.28. The van der Waals surface area contributed by atoms with E-state index in [1.165, 1.54) is 44.9 Å². The van der Waals surface area contributed by atoms with Crippen LogP contribution in [0.4, 0.5) is 0 Å². The van der Waals surface area contributed by atoms with Gasteiger partial charge in [-0.05, 0) is 37.5 Å². The van der Waals surface area contributed by atoms with Crippen LogP contribution in [0.15, 0.2) is 11.6 Å². The topological polar surface area (TPSA) is 0 Å². The minimum absolute atomic E-state index is 0.477. The van der Waals surface area contributed by atoms with Crippen molar-refractivity contribution in [2.45, 2.75) is 65.7 Å². The van der Waals surface area contributed by atoms with Crippen LogP contribution in [-0.4, -0.2) is 0 Å². The largest absolute Gasteiger partial charge is 0.0853 e. The van der Waals surface area contributed by atoms with Crippen molar-refractivity contribution in [1.82, 2.24) is 0 Å². The number of hydrogen-bond acceptors (Lipinski definition) is 0. The van der Waals surface area contributed by atoms with E-state index in [4.69, 9.17) is 0 Å². The molecule has 0 fully saturated rings. The van der Waals surface area contributed by atoms with Gasteiger partial charge in [-0.2, -0.15) is 0 Å². The first-order valence-corrected chi connectivity index (χ1v) is 5.76. The summed E-state index contributed by atoms with van der Waals surface area (Å²) < 4.78 is 0. The first kappa shape index (κ1) is 10.8. The lowest BCUT2D eigenvalue weighted by Crippen LogP contribution is -2.07. The highest BCUT2D eigenvalue weighted by molar-refractivity contribution is 5.05. The summed E-state index contributed by atoms with van der Waals surface area (Å²) in [6.07, 6.45) is 12.2. The standard InChI is InChI=1S/C13H24/c1-13(2,3)11-12-9-7-5-4-6-8-10-12/h9H,4-8,10-11H2,1-3H3/b12-9+. The zero-order valence-corrected chi connectivity index (χ0v) is 9.53. The first-order chi connectivity index (χ1) is 6.08. The fourth-order valence-electron chi connectivity index (χ4n) is 2.10. The number of hydrogen-bond donors (Lipinski definition) is 0. The molecular weight excluding hydrogens is 156 g/mol. The average molecular weight is 180 g/mol. The molecule has 0 aliphatic heterocycles. The summed E-state index contributed by atoms with van der Waals surface area (Å²) in [6, 6.07) is 0. The number of allylic oxidation sites excluding steroid dienone is 2. The Morgan fingerprint density at radius 3 is 2.46 bits per heavy atom. The van der Waals surface area contributed by atoms with Crippen LogP contribution in [0.3, 0.4) is 0 Å². The van der Waals surface area contributed by atoms with Gasteiger partial charge in [0.1, 0.15) is 0 Å². The molecular formula is C13H24. The van der Waals surface area contributed by atoms with E-state index < -0.39 is 0 Å². The molecule has 0 heterocycles. The van der Waals surface area contributed by atoms with Crippen LogP contribution in [-0.2, 0) is 0 Å². The van der Waals surface area contributed by atoms with Crippen molar-refractivity contribution < 1.29 is 0 Å². The van der Waals surface area contributed by atoms with Crippen LogP contribution < -0.4 is 0 Å². The average Bonchev–Trinajstić information content (AvgIpc) is 1.92. The van der Waals surface area contributed by atoms with E-state index >= 15 is 0 Å². The maximum atomic E-state index is 2.50. The van der Waals surface area contributed by atoms with Crippen molar-refractivity contribution in [1.29, 1.82) is 0 Å². The molecule has 0 saturated carbocycles.